The first-order chi connectivity index (χ1) is 15.5. The highest BCUT2D eigenvalue weighted by Gasteiger charge is 2.53. The molecular formula is C25H39ClO8. The van der Waals surface area contributed by atoms with Gasteiger partial charge >= 0.3 is 11.9 Å². The van der Waals surface area contributed by atoms with Crippen molar-refractivity contribution < 1.29 is 39.5 Å². The summed E-state index contributed by atoms with van der Waals surface area (Å²) in [5.41, 5.74) is -2.42. The summed E-state index contributed by atoms with van der Waals surface area (Å²) in [4.78, 5) is 24.7. The first kappa shape index (κ1) is 30.3. The fraction of sp³-hybridized carbons (Fsp3) is 0.680. The molecule has 34 heavy (non-hydrogen) atoms. The lowest BCUT2D eigenvalue weighted by Gasteiger charge is -2.47. The quantitative estimate of drug-likeness (QED) is 0.163. The number of alkyl halides is 1. The summed E-state index contributed by atoms with van der Waals surface area (Å²) < 4.78 is 10.9. The van der Waals surface area contributed by atoms with Gasteiger partial charge in [-0.25, -0.2) is 9.59 Å². The van der Waals surface area contributed by atoms with Gasteiger partial charge < -0.3 is 29.9 Å². The number of allylic oxidation sites excluding steroid dienone is 2. The molecule has 0 saturated heterocycles. The van der Waals surface area contributed by atoms with Gasteiger partial charge in [-0.05, 0) is 60.5 Å². The minimum atomic E-state index is -1.76. The molecule has 0 spiro atoms. The SMILES string of the molecule is C=C(C(O)CC(OC(=O)/C(C)=C\C)C(C)(C)O)[C@H]1C[C@H](Cl)[C@@](C)(O)[C@@H](O)[C@H]1OC(=O)/C(C)=C\C. The second-order valence-corrected chi connectivity index (χ2v) is 10.2. The zero-order chi connectivity index (χ0) is 26.6. The van der Waals surface area contributed by atoms with Gasteiger partial charge in [0.15, 0.2) is 0 Å². The van der Waals surface area contributed by atoms with Gasteiger partial charge in [0.25, 0.3) is 0 Å². The Balaban J connectivity index is 3.21. The maximum atomic E-state index is 12.4. The molecule has 4 N–H and O–H groups in total. The van der Waals surface area contributed by atoms with Gasteiger partial charge in [-0.1, -0.05) is 18.7 Å². The van der Waals surface area contributed by atoms with Crippen LogP contribution in [0.5, 0.6) is 0 Å². The lowest BCUT2D eigenvalue weighted by Crippen LogP contribution is -2.61. The number of hydrogen-bond donors (Lipinski definition) is 4. The van der Waals surface area contributed by atoms with E-state index in [1.165, 1.54) is 20.8 Å². The average molecular weight is 503 g/mol. The first-order valence-corrected chi connectivity index (χ1v) is 11.7. The molecule has 7 atom stereocenters. The van der Waals surface area contributed by atoms with Crippen molar-refractivity contribution in [1.82, 2.24) is 0 Å². The highest BCUT2D eigenvalue weighted by molar-refractivity contribution is 6.21. The van der Waals surface area contributed by atoms with Gasteiger partial charge in [0.05, 0.1) is 17.1 Å². The van der Waals surface area contributed by atoms with Gasteiger partial charge in [-0.15, -0.1) is 11.6 Å². The Hall–Kier alpha value is -1.71. The second-order valence-electron chi connectivity index (χ2n) is 9.67. The van der Waals surface area contributed by atoms with Crippen molar-refractivity contribution in [3.63, 3.8) is 0 Å². The lowest BCUT2D eigenvalue weighted by atomic mass is 9.71. The third-order valence-corrected chi connectivity index (χ3v) is 7.15. The molecule has 1 rings (SSSR count). The van der Waals surface area contributed by atoms with Gasteiger partial charge in [0.1, 0.15) is 23.9 Å². The van der Waals surface area contributed by atoms with E-state index >= 15 is 0 Å². The minimum absolute atomic E-state index is 0.0546. The highest BCUT2D eigenvalue weighted by Crippen LogP contribution is 2.42. The van der Waals surface area contributed by atoms with E-state index in [1.807, 2.05) is 0 Å². The molecule has 1 saturated carbocycles. The molecular weight excluding hydrogens is 464 g/mol. The lowest BCUT2D eigenvalue weighted by molar-refractivity contribution is -0.184. The highest BCUT2D eigenvalue weighted by atomic mass is 35.5. The molecule has 194 valence electrons. The van der Waals surface area contributed by atoms with Crippen molar-refractivity contribution in [1.29, 1.82) is 0 Å². The molecule has 8 nitrogen and oxygen atoms in total. The van der Waals surface area contributed by atoms with Crippen molar-refractivity contribution in [2.75, 3.05) is 0 Å². The largest absolute Gasteiger partial charge is 0.456 e. The number of ether oxygens (including phenoxy) is 2. The normalized spacial score (nSPS) is 30.4. The Morgan fingerprint density at radius 3 is 2.18 bits per heavy atom. The van der Waals surface area contributed by atoms with E-state index in [0.717, 1.165) is 0 Å². The third kappa shape index (κ3) is 7.15. The van der Waals surface area contributed by atoms with Crippen molar-refractivity contribution in [3.05, 3.63) is 35.5 Å². The summed E-state index contributed by atoms with van der Waals surface area (Å²) in [5, 5.41) is 42.1. The molecule has 0 aliphatic heterocycles. The Labute approximate surface area is 206 Å². The third-order valence-electron chi connectivity index (χ3n) is 6.53. The maximum Gasteiger partial charge on any atom is 0.333 e. The van der Waals surface area contributed by atoms with Crippen LogP contribution in [0, 0.1) is 5.92 Å². The van der Waals surface area contributed by atoms with Crippen molar-refractivity contribution in [2.24, 2.45) is 5.92 Å². The summed E-state index contributed by atoms with van der Waals surface area (Å²) in [6.45, 7) is 14.6. The Bertz CT molecular complexity index is 823. The molecule has 0 amide bonds. The van der Waals surface area contributed by atoms with Crippen LogP contribution in [0.1, 0.15) is 61.3 Å². The predicted octanol–water partition coefficient (Wildman–Crippen LogP) is 2.56. The number of aliphatic hydroxyl groups is 4. The van der Waals surface area contributed by atoms with E-state index < -0.39 is 58.9 Å². The van der Waals surface area contributed by atoms with E-state index in [9.17, 15) is 30.0 Å². The van der Waals surface area contributed by atoms with Gasteiger partial charge in [0.2, 0.25) is 0 Å². The summed E-state index contributed by atoms with van der Waals surface area (Å²) in [5.74, 6) is -2.13. The van der Waals surface area contributed by atoms with Crippen LogP contribution < -0.4 is 0 Å². The van der Waals surface area contributed by atoms with Crippen LogP contribution in [0.3, 0.4) is 0 Å². The number of rotatable bonds is 9. The molecule has 2 unspecified atom stereocenters. The number of hydrogen-bond acceptors (Lipinski definition) is 8. The standard InChI is InChI=1S/C25H39ClO8/c1-9-13(3)22(29)33-19(24(6,7)31)12-17(27)15(5)16-11-18(26)25(8,32)21(28)20(16)34-23(30)14(4)10-2/h9-10,16-21,27-28,31-32H,5,11-12H2,1-4,6-8H3/b13-9-,14-10-/t16-,17?,18+,19?,20+,21+,25-/m1/s1. The average Bonchev–Trinajstić information content (AvgIpc) is 2.76. The number of aliphatic hydroxyl groups excluding tert-OH is 2. The Morgan fingerprint density at radius 1 is 1.21 bits per heavy atom. The predicted molar refractivity (Wildman–Crippen MR) is 129 cm³/mol. The topological polar surface area (TPSA) is 134 Å². The molecule has 0 bridgehead atoms. The number of carbonyl (C=O) groups excluding carboxylic acids is 2. The Kier molecular flexibility index (Phi) is 10.5. The zero-order valence-electron chi connectivity index (χ0n) is 21.0. The van der Waals surface area contributed by atoms with Gasteiger partial charge in [-0.2, -0.15) is 0 Å². The smallest absolute Gasteiger partial charge is 0.333 e. The van der Waals surface area contributed by atoms with Crippen molar-refractivity contribution >= 4 is 23.5 Å². The molecule has 9 heteroatoms. The van der Waals surface area contributed by atoms with E-state index in [-0.39, 0.29) is 18.4 Å². The van der Waals surface area contributed by atoms with E-state index in [1.54, 1.807) is 39.8 Å². The fourth-order valence-corrected chi connectivity index (χ4v) is 3.92. The van der Waals surface area contributed by atoms with E-state index in [0.29, 0.717) is 11.1 Å². The van der Waals surface area contributed by atoms with Crippen LogP contribution in [0.4, 0.5) is 0 Å². The summed E-state index contributed by atoms with van der Waals surface area (Å²) in [6.07, 6.45) is -2.20. The molecule has 1 aliphatic carbocycles. The first-order valence-electron chi connectivity index (χ1n) is 11.3. The molecule has 0 heterocycles. The van der Waals surface area contributed by atoms with Crippen LogP contribution >= 0.6 is 11.6 Å². The molecule has 0 aromatic heterocycles. The fourth-order valence-electron chi connectivity index (χ4n) is 3.60. The molecule has 0 aromatic rings. The Morgan fingerprint density at radius 2 is 1.71 bits per heavy atom. The number of esters is 2. The minimum Gasteiger partial charge on any atom is -0.456 e. The van der Waals surface area contributed by atoms with E-state index in [2.05, 4.69) is 6.58 Å². The second kappa shape index (κ2) is 11.8. The van der Waals surface area contributed by atoms with Crippen LogP contribution in [0.15, 0.2) is 35.5 Å². The van der Waals surface area contributed by atoms with Gasteiger partial charge in [-0.3, -0.25) is 0 Å². The van der Waals surface area contributed by atoms with Crippen molar-refractivity contribution in [2.45, 2.75) is 102 Å². The molecule has 0 aromatic carbocycles. The van der Waals surface area contributed by atoms with Crippen LogP contribution in [-0.4, -0.2) is 73.4 Å². The number of carbonyl (C=O) groups is 2. The molecule has 1 fully saturated rings. The summed E-state index contributed by atoms with van der Waals surface area (Å²) >= 11 is 6.34. The molecule has 0 radical (unpaired) electrons. The van der Waals surface area contributed by atoms with Gasteiger partial charge in [0, 0.05) is 23.5 Å². The molecule has 1 aliphatic rings. The van der Waals surface area contributed by atoms with Crippen LogP contribution in [0.2, 0.25) is 0 Å². The van der Waals surface area contributed by atoms with Crippen LogP contribution in [0.25, 0.3) is 0 Å². The summed E-state index contributed by atoms with van der Waals surface area (Å²) in [6, 6.07) is 0. The maximum absolute atomic E-state index is 12.4. The van der Waals surface area contributed by atoms with Crippen molar-refractivity contribution in [3.8, 4) is 0 Å². The van der Waals surface area contributed by atoms with E-state index in [4.69, 9.17) is 21.1 Å². The summed E-state index contributed by atoms with van der Waals surface area (Å²) in [7, 11) is 0. The van der Waals surface area contributed by atoms with Crippen LogP contribution in [-0.2, 0) is 19.1 Å². The number of halogens is 1. The zero-order valence-corrected chi connectivity index (χ0v) is 21.8. The monoisotopic (exact) mass is 502 g/mol.